The number of ether oxygens (including phenoxy) is 2. The van der Waals surface area contributed by atoms with E-state index in [0.717, 1.165) is 68.2 Å². The van der Waals surface area contributed by atoms with Gasteiger partial charge in [-0.05, 0) is 88.2 Å². The molecule has 42 heavy (non-hydrogen) atoms. The van der Waals surface area contributed by atoms with Gasteiger partial charge in [-0.1, -0.05) is 60.7 Å². The Bertz CT molecular complexity index is 2040. The zero-order valence-electron chi connectivity index (χ0n) is 22.2. The maximum absolute atomic E-state index is 14.6. The lowest BCUT2D eigenvalue weighted by molar-refractivity contribution is 0.477. The average molecular weight is 542 g/mol. The number of benzene rings is 6. The van der Waals surface area contributed by atoms with Gasteiger partial charge in [-0.2, -0.15) is 0 Å². The summed E-state index contributed by atoms with van der Waals surface area (Å²) in [5, 5.41) is 0. The second-order valence-corrected chi connectivity index (χ2v) is 11.1. The first kappa shape index (κ1) is 22.2. The Hall–Kier alpha value is -5.49. The summed E-state index contributed by atoms with van der Waals surface area (Å²) in [5.41, 5.74) is 11.5. The number of para-hydroxylation sites is 6. The van der Waals surface area contributed by atoms with E-state index in [9.17, 15) is 4.39 Å². The molecule has 0 bridgehead atoms. The normalized spacial score (nSPS) is 14.1. The summed E-state index contributed by atoms with van der Waals surface area (Å²) in [4.78, 5) is 4.67. The standard InChI is InChI=1S/C36H20BFN2O2/c38-23-9-5-8-21(18-23)22-19-28-34-29(20-22)40-27-13-2-4-15-31(27)42-33-17-7-11-25(36(33)40)37(34)24-10-6-16-32-35(24)39(28)26-12-1-3-14-30(26)41-32/h1-20H. The number of nitrogens with zero attached hydrogens (tertiary/aromatic N) is 2. The van der Waals surface area contributed by atoms with Crippen LogP contribution in [0.5, 0.6) is 23.0 Å². The van der Waals surface area contributed by atoms with Crippen LogP contribution in [0.4, 0.5) is 38.5 Å². The maximum atomic E-state index is 14.6. The van der Waals surface area contributed by atoms with Gasteiger partial charge in [-0.15, -0.1) is 0 Å². The third-order valence-electron chi connectivity index (χ3n) is 8.85. The van der Waals surface area contributed by atoms with Gasteiger partial charge in [0, 0.05) is 11.4 Å². The molecule has 4 heterocycles. The summed E-state index contributed by atoms with van der Waals surface area (Å²) < 4.78 is 27.6. The zero-order valence-corrected chi connectivity index (χ0v) is 22.2. The number of halogens is 1. The molecule has 0 saturated carbocycles. The SMILES string of the molecule is Fc1cccc(-c2cc3c4c(c2)N2c5ccccc5Oc5cccc(c52)B4c2cccc4c2N3c2ccccc2O4)c1. The predicted octanol–water partition coefficient (Wildman–Crippen LogP) is 7.79. The smallest absolute Gasteiger partial charge is 0.252 e. The fourth-order valence-corrected chi connectivity index (χ4v) is 7.22. The first-order valence-corrected chi connectivity index (χ1v) is 14.1. The van der Waals surface area contributed by atoms with Crippen LogP contribution < -0.4 is 35.7 Å². The molecule has 0 spiro atoms. The van der Waals surface area contributed by atoms with E-state index >= 15 is 0 Å². The van der Waals surface area contributed by atoms with Crippen molar-refractivity contribution >= 4 is 57.2 Å². The quantitative estimate of drug-likeness (QED) is 0.198. The van der Waals surface area contributed by atoms with Crippen molar-refractivity contribution in [2.75, 3.05) is 9.80 Å². The van der Waals surface area contributed by atoms with Crippen molar-refractivity contribution in [3.8, 4) is 34.1 Å². The second-order valence-electron chi connectivity index (χ2n) is 11.1. The van der Waals surface area contributed by atoms with Crippen LogP contribution in [-0.4, -0.2) is 6.71 Å². The molecule has 0 amide bonds. The molecule has 0 atom stereocenters. The van der Waals surface area contributed by atoms with E-state index in [4.69, 9.17) is 9.47 Å². The van der Waals surface area contributed by atoms with Gasteiger partial charge in [0.2, 0.25) is 0 Å². The van der Waals surface area contributed by atoms with Gasteiger partial charge < -0.3 is 19.3 Å². The Morgan fingerprint density at radius 3 is 1.57 bits per heavy atom. The van der Waals surface area contributed by atoms with Gasteiger partial charge in [0.15, 0.2) is 23.0 Å². The Morgan fingerprint density at radius 1 is 0.476 bits per heavy atom. The number of hydrogen-bond donors (Lipinski definition) is 0. The van der Waals surface area contributed by atoms with E-state index in [1.54, 1.807) is 12.1 Å². The molecule has 4 nitrogen and oxygen atoms in total. The van der Waals surface area contributed by atoms with Crippen molar-refractivity contribution in [2.24, 2.45) is 0 Å². The molecule has 4 aliphatic rings. The largest absolute Gasteiger partial charge is 0.453 e. The fraction of sp³-hybridized carbons (Fsp3) is 0. The molecular formula is C36H20BFN2O2. The Morgan fingerprint density at radius 2 is 1.00 bits per heavy atom. The molecule has 0 fully saturated rings. The van der Waals surface area contributed by atoms with Crippen LogP contribution in [0.3, 0.4) is 0 Å². The van der Waals surface area contributed by atoms with Gasteiger partial charge in [0.25, 0.3) is 6.71 Å². The highest BCUT2D eigenvalue weighted by Crippen LogP contribution is 2.56. The monoisotopic (exact) mass is 542 g/mol. The van der Waals surface area contributed by atoms with E-state index in [-0.39, 0.29) is 12.5 Å². The minimum absolute atomic E-state index is 0.0447. The minimum Gasteiger partial charge on any atom is -0.453 e. The molecule has 0 radical (unpaired) electrons. The summed E-state index contributed by atoms with van der Waals surface area (Å²) in [7, 11) is 0. The van der Waals surface area contributed by atoms with E-state index in [2.05, 4.69) is 58.3 Å². The number of hydrogen-bond acceptors (Lipinski definition) is 4. The summed E-state index contributed by atoms with van der Waals surface area (Å²) >= 11 is 0. The Kier molecular flexibility index (Phi) is 4.14. The molecule has 6 heteroatoms. The third-order valence-corrected chi connectivity index (χ3v) is 8.85. The van der Waals surface area contributed by atoms with Crippen LogP contribution in [0.2, 0.25) is 0 Å². The highest BCUT2D eigenvalue weighted by atomic mass is 19.1. The molecular weight excluding hydrogens is 522 g/mol. The molecule has 4 aliphatic heterocycles. The van der Waals surface area contributed by atoms with Crippen molar-refractivity contribution in [3.63, 3.8) is 0 Å². The average Bonchev–Trinajstić information content (AvgIpc) is 3.03. The zero-order chi connectivity index (χ0) is 27.5. The highest BCUT2D eigenvalue weighted by Gasteiger charge is 2.47. The third kappa shape index (κ3) is 2.76. The number of anilines is 6. The molecule has 0 aromatic heterocycles. The van der Waals surface area contributed by atoms with Crippen molar-refractivity contribution in [1.29, 1.82) is 0 Å². The summed E-state index contributed by atoms with van der Waals surface area (Å²) in [5.74, 6) is 3.00. The lowest BCUT2D eigenvalue weighted by atomic mass is 9.33. The second kappa shape index (κ2) is 7.83. The summed E-state index contributed by atoms with van der Waals surface area (Å²) in [6.07, 6.45) is 0. The van der Waals surface area contributed by atoms with Crippen LogP contribution in [0.1, 0.15) is 0 Å². The van der Waals surface area contributed by atoms with Crippen LogP contribution >= 0.6 is 0 Å². The molecule has 6 aromatic rings. The van der Waals surface area contributed by atoms with Gasteiger partial charge in [0.05, 0.1) is 22.7 Å². The van der Waals surface area contributed by atoms with Gasteiger partial charge in [0.1, 0.15) is 5.82 Å². The van der Waals surface area contributed by atoms with Crippen LogP contribution in [-0.2, 0) is 0 Å². The van der Waals surface area contributed by atoms with E-state index in [0.29, 0.717) is 0 Å². The molecule has 196 valence electrons. The topological polar surface area (TPSA) is 24.9 Å². The van der Waals surface area contributed by atoms with Gasteiger partial charge >= 0.3 is 0 Å². The van der Waals surface area contributed by atoms with Crippen molar-refractivity contribution in [2.45, 2.75) is 0 Å². The highest BCUT2D eigenvalue weighted by molar-refractivity contribution is 7.00. The van der Waals surface area contributed by atoms with Crippen molar-refractivity contribution < 1.29 is 13.9 Å². The van der Waals surface area contributed by atoms with Crippen molar-refractivity contribution in [3.05, 3.63) is 127 Å². The van der Waals surface area contributed by atoms with Crippen LogP contribution in [0.15, 0.2) is 121 Å². The molecule has 0 N–H and O–H groups in total. The predicted molar refractivity (Wildman–Crippen MR) is 166 cm³/mol. The minimum atomic E-state index is -0.259. The van der Waals surface area contributed by atoms with Crippen LogP contribution in [0, 0.1) is 5.82 Å². The van der Waals surface area contributed by atoms with Gasteiger partial charge in [-0.3, -0.25) is 0 Å². The molecule has 0 aliphatic carbocycles. The lowest BCUT2D eigenvalue weighted by Gasteiger charge is -2.47. The Labute approximate surface area is 241 Å². The van der Waals surface area contributed by atoms with E-state index < -0.39 is 0 Å². The van der Waals surface area contributed by atoms with Gasteiger partial charge in [-0.25, -0.2) is 4.39 Å². The Balaban J connectivity index is 1.37. The first-order valence-electron chi connectivity index (χ1n) is 14.1. The number of rotatable bonds is 1. The lowest BCUT2D eigenvalue weighted by Crippen LogP contribution is -2.61. The molecule has 0 saturated heterocycles. The van der Waals surface area contributed by atoms with E-state index in [1.165, 1.54) is 22.5 Å². The first-order chi connectivity index (χ1) is 20.7. The molecule has 10 rings (SSSR count). The number of fused-ring (bicyclic) bond motifs is 8. The maximum Gasteiger partial charge on any atom is 0.252 e. The molecule has 6 aromatic carbocycles. The molecule has 0 unspecified atom stereocenters. The summed E-state index contributed by atoms with van der Waals surface area (Å²) in [6.45, 7) is -0.0447. The fourth-order valence-electron chi connectivity index (χ4n) is 7.22. The summed E-state index contributed by atoms with van der Waals surface area (Å²) in [6, 6.07) is 40.3. The van der Waals surface area contributed by atoms with E-state index in [1.807, 2.05) is 54.6 Å². The van der Waals surface area contributed by atoms with Crippen LogP contribution in [0.25, 0.3) is 11.1 Å². The van der Waals surface area contributed by atoms with Crippen molar-refractivity contribution in [1.82, 2.24) is 0 Å².